The number of imidazole rings is 1. The number of likely N-dealkylation sites (N-methyl/N-ethyl adjacent to an activating group) is 1. The maximum Gasteiger partial charge on any atom is 0.416 e. The lowest BCUT2D eigenvalue weighted by molar-refractivity contribution is -0.138. The summed E-state index contributed by atoms with van der Waals surface area (Å²) in [5.41, 5.74) is 3.33. The van der Waals surface area contributed by atoms with Gasteiger partial charge in [-0.3, -0.25) is 19.1 Å². The van der Waals surface area contributed by atoms with Crippen molar-refractivity contribution >= 4 is 29.1 Å². The van der Waals surface area contributed by atoms with Gasteiger partial charge >= 0.3 is 6.18 Å². The van der Waals surface area contributed by atoms with Crippen LogP contribution in [0.25, 0.3) is 5.65 Å². The Balaban J connectivity index is 1.34. The number of carbonyl (C=O) groups is 1. The highest BCUT2D eigenvalue weighted by Gasteiger charge is 2.34. The highest BCUT2D eigenvalue weighted by molar-refractivity contribution is 6.04. The molecule has 0 radical (unpaired) electrons. The summed E-state index contributed by atoms with van der Waals surface area (Å²) in [6.45, 7) is 5.09. The number of nitrogens with one attached hydrogen (secondary N) is 3. The van der Waals surface area contributed by atoms with Gasteiger partial charge in [0.25, 0.3) is 5.91 Å². The minimum absolute atomic E-state index is 0.0751. The van der Waals surface area contributed by atoms with Crippen molar-refractivity contribution < 1.29 is 18.0 Å². The first-order valence-electron chi connectivity index (χ1n) is 15.1. The van der Waals surface area contributed by atoms with Crippen LogP contribution in [0.5, 0.6) is 0 Å². The van der Waals surface area contributed by atoms with Gasteiger partial charge in [0.1, 0.15) is 11.5 Å². The lowest BCUT2D eigenvalue weighted by Crippen LogP contribution is -2.44. The number of anilines is 2. The van der Waals surface area contributed by atoms with E-state index in [9.17, 15) is 18.0 Å². The van der Waals surface area contributed by atoms with E-state index >= 15 is 0 Å². The average Bonchev–Trinajstić information content (AvgIpc) is 3.47. The van der Waals surface area contributed by atoms with Crippen LogP contribution in [-0.4, -0.2) is 78.6 Å². The summed E-state index contributed by atoms with van der Waals surface area (Å²) in [7, 11) is 5.49. The van der Waals surface area contributed by atoms with Crippen molar-refractivity contribution in [2.24, 2.45) is 4.99 Å². The molecule has 0 bridgehead atoms. The number of hydrogen-bond acceptors (Lipinski definition) is 7. The minimum atomic E-state index is -4.56. The number of nitrogens with zero attached hydrogens (tertiary/aromatic N) is 5. The Labute approximate surface area is 272 Å². The highest BCUT2D eigenvalue weighted by atomic mass is 19.4. The first kappa shape index (κ1) is 33.2. The number of benzene rings is 2. The van der Waals surface area contributed by atoms with E-state index in [1.807, 2.05) is 41.6 Å². The maximum atomic E-state index is 14.1. The van der Waals surface area contributed by atoms with E-state index in [0.717, 1.165) is 36.2 Å². The number of aliphatic imine (C=N–C) groups is 1. The SMILES string of the molecule is CN=CC=C(NC)Nc1cccn2c(C#Cc3cc(C(=O)Nc4ccc(CN5CCN(C)CC5)c(C(F)(F)F)c4)ccc3C)cnc12. The fourth-order valence-corrected chi connectivity index (χ4v) is 5.22. The van der Waals surface area contributed by atoms with Crippen molar-refractivity contribution in [3.63, 3.8) is 0 Å². The fourth-order valence-electron chi connectivity index (χ4n) is 5.22. The molecule has 0 spiro atoms. The molecule has 3 heterocycles. The Bertz CT molecular complexity index is 1880. The Hall–Kier alpha value is -5.12. The Morgan fingerprint density at radius 2 is 1.85 bits per heavy atom. The molecule has 12 heteroatoms. The van der Waals surface area contributed by atoms with Crippen LogP contribution in [-0.2, 0) is 12.7 Å². The molecule has 1 aliphatic heterocycles. The van der Waals surface area contributed by atoms with Crippen LogP contribution in [0.4, 0.5) is 24.5 Å². The van der Waals surface area contributed by atoms with E-state index < -0.39 is 17.6 Å². The van der Waals surface area contributed by atoms with Crippen LogP contribution >= 0.6 is 0 Å². The molecule has 0 atom stereocenters. The normalized spacial score (nSPS) is 14.7. The molecule has 3 N–H and O–H groups in total. The van der Waals surface area contributed by atoms with Gasteiger partial charge in [-0.25, -0.2) is 4.98 Å². The van der Waals surface area contributed by atoms with Gasteiger partial charge < -0.3 is 20.9 Å². The van der Waals surface area contributed by atoms with E-state index in [1.165, 1.54) is 12.1 Å². The number of hydrogen-bond donors (Lipinski definition) is 3. The zero-order valence-corrected chi connectivity index (χ0v) is 26.7. The lowest BCUT2D eigenvalue weighted by Gasteiger charge is -2.33. The van der Waals surface area contributed by atoms with Crippen molar-refractivity contribution in [2.45, 2.75) is 19.6 Å². The maximum absolute atomic E-state index is 14.1. The van der Waals surface area contributed by atoms with Crippen molar-refractivity contribution in [1.29, 1.82) is 0 Å². The second-order valence-electron chi connectivity index (χ2n) is 11.3. The molecule has 0 unspecified atom stereocenters. The molecular weight excluding hydrogens is 605 g/mol. The number of amides is 1. The summed E-state index contributed by atoms with van der Waals surface area (Å²) in [4.78, 5) is 25.9. The molecule has 1 fully saturated rings. The highest BCUT2D eigenvalue weighted by Crippen LogP contribution is 2.35. The number of rotatable bonds is 8. The van der Waals surface area contributed by atoms with Gasteiger partial charge in [-0.05, 0) is 73.5 Å². The Morgan fingerprint density at radius 3 is 2.57 bits per heavy atom. The topological polar surface area (TPSA) is 89.3 Å². The van der Waals surface area contributed by atoms with E-state index in [0.29, 0.717) is 30.0 Å². The van der Waals surface area contributed by atoms with Gasteiger partial charge in [0.2, 0.25) is 0 Å². The number of aryl methyl sites for hydroxylation is 1. The molecular formula is C35H37F3N8O. The van der Waals surface area contributed by atoms with E-state index in [4.69, 9.17) is 0 Å². The molecule has 0 saturated carbocycles. The predicted molar refractivity (Wildman–Crippen MR) is 180 cm³/mol. The zero-order chi connectivity index (χ0) is 33.6. The quantitative estimate of drug-likeness (QED) is 0.180. The zero-order valence-electron chi connectivity index (χ0n) is 26.7. The summed E-state index contributed by atoms with van der Waals surface area (Å²) in [6, 6.07) is 12.8. The largest absolute Gasteiger partial charge is 0.416 e. The summed E-state index contributed by atoms with van der Waals surface area (Å²) in [6.07, 6.45) is 2.44. The fraction of sp³-hybridized carbons (Fsp3) is 0.286. The molecule has 244 valence electrons. The second kappa shape index (κ2) is 14.5. The van der Waals surface area contributed by atoms with Crippen LogP contribution < -0.4 is 16.0 Å². The van der Waals surface area contributed by atoms with Crippen LogP contribution in [0.15, 0.2) is 77.8 Å². The molecule has 0 aliphatic carbocycles. The summed E-state index contributed by atoms with van der Waals surface area (Å²) >= 11 is 0. The number of pyridine rings is 1. The molecule has 1 aliphatic rings. The van der Waals surface area contributed by atoms with Gasteiger partial charge in [-0.1, -0.05) is 18.1 Å². The van der Waals surface area contributed by atoms with Crippen molar-refractivity contribution in [2.75, 3.05) is 58.0 Å². The van der Waals surface area contributed by atoms with E-state index in [-0.39, 0.29) is 23.4 Å². The van der Waals surface area contributed by atoms with Crippen LogP contribution in [0, 0.1) is 18.8 Å². The minimum Gasteiger partial charge on any atom is -0.375 e. The number of alkyl halides is 3. The summed E-state index contributed by atoms with van der Waals surface area (Å²) in [5.74, 6) is 6.49. The monoisotopic (exact) mass is 642 g/mol. The van der Waals surface area contributed by atoms with Gasteiger partial charge in [0.15, 0.2) is 5.65 Å². The van der Waals surface area contributed by atoms with Gasteiger partial charge in [-0.15, -0.1) is 0 Å². The van der Waals surface area contributed by atoms with Crippen LogP contribution in [0.1, 0.15) is 38.3 Å². The molecule has 47 heavy (non-hydrogen) atoms. The molecule has 1 saturated heterocycles. The number of aromatic nitrogens is 2. The second-order valence-corrected chi connectivity index (χ2v) is 11.3. The number of carbonyl (C=O) groups excluding carboxylic acids is 1. The van der Waals surface area contributed by atoms with E-state index in [2.05, 4.69) is 42.7 Å². The lowest BCUT2D eigenvalue weighted by atomic mass is 10.0. The third-order valence-electron chi connectivity index (χ3n) is 7.95. The molecule has 2 aromatic heterocycles. The third kappa shape index (κ3) is 8.19. The first-order valence-corrected chi connectivity index (χ1v) is 15.1. The number of piperazine rings is 1. The van der Waals surface area contributed by atoms with Crippen molar-refractivity contribution in [1.82, 2.24) is 24.5 Å². The summed E-state index contributed by atoms with van der Waals surface area (Å²) < 4.78 is 44.1. The predicted octanol–water partition coefficient (Wildman–Crippen LogP) is 5.23. The van der Waals surface area contributed by atoms with Gasteiger partial charge in [0, 0.05) is 76.0 Å². The van der Waals surface area contributed by atoms with E-state index in [1.54, 1.807) is 50.8 Å². The van der Waals surface area contributed by atoms with Crippen LogP contribution in [0.2, 0.25) is 0 Å². The number of halogens is 3. The Morgan fingerprint density at radius 1 is 1.06 bits per heavy atom. The number of allylic oxidation sites excluding steroid dienone is 1. The standard InChI is InChI=1S/C35H37F3N8O/c1-24-7-8-26(34(47)42-28-11-9-27(30(21-28)35(36,37)38)23-45-18-16-44(4)17-19-45)20-25(24)10-12-29-22-41-33-31(6-5-15-46(29)33)43-32(40-3)13-14-39-2/h5-9,11,13-15,20-22,40,43H,16-19,23H2,1-4H3,(H,42,47). The Kier molecular flexibility index (Phi) is 10.3. The first-order chi connectivity index (χ1) is 22.5. The average molecular weight is 643 g/mol. The van der Waals surface area contributed by atoms with Crippen LogP contribution in [0.3, 0.4) is 0 Å². The third-order valence-corrected chi connectivity index (χ3v) is 7.95. The molecule has 5 rings (SSSR count). The molecule has 9 nitrogen and oxygen atoms in total. The number of fused-ring (bicyclic) bond motifs is 1. The molecule has 2 aromatic carbocycles. The molecule has 4 aromatic rings. The van der Waals surface area contributed by atoms with Crippen molar-refractivity contribution in [3.8, 4) is 11.8 Å². The smallest absolute Gasteiger partial charge is 0.375 e. The van der Waals surface area contributed by atoms with Gasteiger partial charge in [-0.2, -0.15) is 13.2 Å². The summed E-state index contributed by atoms with van der Waals surface area (Å²) in [5, 5.41) is 9.01. The molecule has 1 amide bonds. The van der Waals surface area contributed by atoms with Gasteiger partial charge in [0.05, 0.1) is 17.4 Å². The van der Waals surface area contributed by atoms with Crippen molar-refractivity contribution in [3.05, 3.63) is 106 Å².